The first kappa shape index (κ1) is 54.7. The third-order valence-corrected chi connectivity index (χ3v) is 12.7. The Balaban J connectivity index is 1.04. The van der Waals surface area contributed by atoms with E-state index < -0.39 is 172 Å². The molecule has 2 aromatic rings. The number of allylic oxidation sites excluding steroid dienone is 2. The first-order chi connectivity index (χ1) is 35.3. The smallest absolute Gasteiger partial charge is 0.330 e. The van der Waals surface area contributed by atoms with Crippen molar-refractivity contribution in [2.45, 2.75) is 123 Å². The molecule has 406 valence electrons. The van der Waals surface area contributed by atoms with Gasteiger partial charge in [-0.3, -0.25) is 0 Å². The van der Waals surface area contributed by atoms with E-state index in [4.69, 9.17) is 47.4 Å². The van der Waals surface area contributed by atoms with Crippen molar-refractivity contribution in [3.63, 3.8) is 0 Å². The van der Waals surface area contributed by atoms with Gasteiger partial charge in [-0.05, 0) is 48.0 Å². The highest BCUT2D eigenvalue weighted by molar-refractivity contribution is 5.87. The Labute approximate surface area is 418 Å². The highest BCUT2D eigenvalue weighted by atomic mass is 16.8. The van der Waals surface area contributed by atoms with E-state index in [9.17, 15) is 86.5 Å². The predicted octanol–water partition coefficient (Wildman–Crippen LogP) is -5.03. The van der Waals surface area contributed by atoms with Gasteiger partial charge >= 0.3 is 5.97 Å². The van der Waals surface area contributed by atoms with E-state index in [1.807, 2.05) is 0 Å². The summed E-state index contributed by atoms with van der Waals surface area (Å²) < 4.78 is 57.7. The second-order valence-electron chi connectivity index (χ2n) is 17.8. The van der Waals surface area contributed by atoms with Crippen molar-refractivity contribution in [1.82, 2.24) is 0 Å². The van der Waals surface area contributed by atoms with E-state index >= 15 is 0 Å². The molecule has 20 atom stereocenters. The summed E-state index contributed by atoms with van der Waals surface area (Å²) in [6.07, 6.45) is -28.3. The van der Waals surface area contributed by atoms with Crippen molar-refractivity contribution in [2.75, 3.05) is 26.4 Å². The average molecular weight is 1050 g/mol. The number of fused-ring (bicyclic) bond motifs is 1. The van der Waals surface area contributed by atoms with Gasteiger partial charge in [0.25, 0.3) is 0 Å². The molecular weight excluding hydrogens is 996 g/mol. The predicted molar refractivity (Wildman–Crippen MR) is 239 cm³/mol. The van der Waals surface area contributed by atoms with Gasteiger partial charge in [-0.25, -0.2) is 4.79 Å². The van der Waals surface area contributed by atoms with E-state index in [0.29, 0.717) is 5.56 Å². The Bertz CT molecular complexity index is 2440. The molecule has 0 amide bonds. The molecule has 0 saturated carbocycles. The van der Waals surface area contributed by atoms with Gasteiger partial charge in [0.05, 0.1) is 19.8 Å². The van der Waals surface area contributed by atoms with Crippen molar-refractivity contribution in [2.24, 2.45) is 0 Å². The van der Waals surface area contributed by atoms with Crippen molar-refractivity contribution in [3.05, 3.63) is 101 Å². The molecule has 16 N–H and O–H groups in total. The molecule has 74 heavy (non-hydrogen) atoms. The number of carbonyl (C=O) groups excluding carboxylic acids is 1. The van der Waals surface area contributed by atoms with Crippen LogP contribution in [0.4, 0.5) is 0 Å². The zero-order chi connectivity index (χ0) is 53.3. The molecule has 8 rings (SSSR count). The summed E-state index contributed by atoms with van der Waals surface area (Å²) in [5.41, 5.74) is 0.421. The van der Waals surface area contributed by atoms with Crippen LogP contribution in [0, 0.1) is 0 Å². The van der Waals surface area contributed by atoms with Crippen LogP contribution in [-0.2, 0) is 47.4 Å². The second kappa shape index (κ2) is 23.2. The molecule has 0 aromatic heterocycles. The molecule has 0 spiro atoms. The number of carbonyl (C=O) groups is 1. The number of benzene rings is 2. The summed E-state index contributed by atoms with van der Waals surface area (Å²) in [6, 6.07) is 9.28. The standard InChI is InChI=1S/C47H56O27/c48-13-28-33(56)36(59)40(63)45(71-28)67-20-5-1-17(2-6-20)3-8-31(54)65-16-30-35(58)38(61)43(74-44-39(62)32(55)24(53)15-66-44)47(73-30)70-27-12-21-25(68-42(27)18-4-7-22(51)23(52)9-18)10-19(50)11-26(21)69-46-41(64)37(60)34(57)29(14-49)72-46/h1-12,24-25,28-30,32-41,43-53,55-64H,13-16H2. The lowest BCUT2D eigenvalue weighted by atomic mass is 9.96. The van der Waals surface area contributed by atoms with Crippen LogP contribution < -0.4 is 4.74 Å². The van der Waals surface area contributed by atoms with E-state index in [0.717, 1.165) is 24.3 Å². The number of phenolic OH excluding ortho intramolecular Hbond substituents is 2. The van der Waals surface area contributed by atoms with Crippen LogP contribution in [0.15, 0.2) is 89.6 Å². The highest BCUT2D eigenvalue weighted by Crippen LogP contribution is 2.42. The number of ether oxygens (including phenoxy) is 10. The summed E-state index contributed by atoms with van der Waals surface area (Å²) in [4.78, 5) is 13.1. The van der Waals surface area contributed by atoms with Gasteiger partial charge < -0.3 is 129 Å². The largest absolute Gasteiger partial charge is 0.508 e. The maximum Gasteiger partial charge on any atom is 0.330 e. The van der Waals surface area contributed by atoms with Gasteiger partial charge in [0, 0.05) is 29.4 Å². The molecule has 4 fully saturated rings. The van der Waals surface area contributed by atoms with Gasteiger partial charge in [0.15, 0.2) is 35.4 Å². The molecule has 27 heteroatoms. The Morgan fingerprint density at radius 2 is 1.23 bits per heavy atom. The number of hydrogen-bond donors (Lipinski definition) is 16. The van der Waals surface area contributed by atoms with Gasteiger partial charge in [-0.15, -0.1) is 0 Å². The van der Waals surface area contributed by atoms with Crippen LogP contribution >= 0.6 is 0 Å². The first-order valence-electron chi connectivity index (χ1n) is 22.9. The fourth-order valence-electron chi connectivity index (χ4n) is 8.44. The number of hydrogen-bond acceptors (Lipinski definition) is 27. The summed E-state index contributed by atoms with van der Waals surface area (Å²) in [6.45, 7) is -2.79. The van der Waals surface area contributed by atoms with Gasteiger partial charge in [-0.2, -0.15) is 0 Å². The average Bonchev–Trinajstić information content (AvgIpc) is 3.38. The van der Waals surface area contributed by atoms with Crippen molar-refractivity contribution in [1.29, 1.82) is 0 Å². The second-order valence-corrected chi connectivity index (χ2v) is 17.8. The summed E-state index contributed by atoms with van der Waals surface area (Å²) in [5, 5.41) is 167. The van der Waals surface area contributed by atoms with Crippen molar-refractivity contribution < 1.29 is 134 Å². The number of aliphatic hydroxyl groups is 14. The summed E-state index contributed by atoms with van der Waals surface area (Å²) >= 11 is 0. The Morgan fingerprint density at radius 1 is 0.622 bits per heavy atom. The number of phenols is 2. The lowest BCUT2D eigenvalue weighted by Gasteiger charge is -2.45. The third-order valence-electron chi connectivity index (χ3n) is 12.7. The highest BCUT2D eigenvalue weighted by Gasteiger charge is 2.52. The number of aliphatic hydroxyl groups excluding tert-OH is 14. The van der Waals surface area contributed by atoms with Gasteiger partial charge in [0.1, 0.15) is 115 Å². The maximum atomic E-state index is 13.1. The first-order valence-corrected chi connectivity index (χ1v) is 22.9. The fraction of sp³-hybridized carbons (Fsp3) is 0.511. The monoisotopic (exact) mass is 1050 g/mol. The fourth-order valence-corrected chi connectivity index (χ4v) is 8.44. The van der Waals surface area contributed by atoms with Crippen molar-refractivity contribution >= 4 is 17.8 Å². The number of aromatic hydroxyl groups is 2. The van der Waals surface area contributed by atoms with Crippen LogP contribution in [0.1, 0.15) is 11.1 Å². The van der Waals surface area contributed by atoms with Gasteiger partial charge in [0.2, 0.25) is 18.9 Å². The van der Waals surface area contributed by atoms with Crippen LogP contribution in [0.25, 0.3) is 11.8 Å². The minimum absolute atomic E-state index is 0.00764. The Kier molecular flexibility index (Phi) is 17.1. The molecule has 5 heterocycles. The molecule has 6 aliphatic rings. The molecule has 4 saturated heterocycles. The molecule has 1 aliphatic carbocycles. The van der Waals surface area contributed by atoms with Crippen molar-refractivity contribution in [3.8, 4) is 17.2 Å². The lowest BCUT2D eigenvalue weighted by Crippen LogP contribution is -2.63. The summed E-state index contributed by atoms with van der Waals surface area (Å²) in [5.74, 6) is -3.39. The van der Waals surface area contributed by atoms with E-state index in [1.54, 1.807) is 0 Å². The molecular formula is C47H56O27. The van der Waals surface area contributed by atoms with Crippen LogP contribution in [0.2, 0.25) is 0 Å². The molecule has 0 radical (unpaired) electrons. The zero-order valence-corrected chi connectivity index (χ0v) is 38.4. The zero-order valence-electron chi connectivity index (χ0n) is 38.4. The third kappa shape index (κ3) is 11.6. The van der Waals surface area contributed by atoms with Gasteiger partial charge in [-0.1, -0.05) is 12.1 Å². The van der Waals surface area contributed by atoms with E-state index in [-0.39, 0.29) is 34.2 Å². The lowest BCUT2D eigenvalue weighted by molar-refractivity contribution is -0.351. The van der Waals surface area contributed by atoms with Crippen LogP contribution in [0.3, 0.4) is 0 Å². The van der Waals surface area contributed by atoms with Crippen LogP contribution in [0.5, 0.6) is 17.2 Å². The van der Waals surface area contributed by atoms with Crippen LogP contribution in [-0.4, -0.2) is 237 Å². The molecule has 0 bridgehead atoms. The van der Waals surface area contributed by atoms with E-state index in [1.165, 1.54) is 48.6 Å². The Hall–Kier alpha value is -5.51. The molecule has 27 nitrogen and oxygen atoms in total. The molecule has 20 unspecified atom stereocenters. The summed E-state index contributed by atoms with van der Waals surface area (Å²) in [7, 11) is 0. The molecule has 5 aliphatic heterocycles. The maximum absolute atomic E-state index is 13.1. The Morgan fingerprint density at radius 3 is 1.86 bits per heavy atom. The number of rotatable bonds is 15. The minimum atomic E-state index is -2.05. The topological polar surface area (TPSA) is 433 Å². The SMILES string of the molecule is O=C(C=Cc1ccc(OC2OC(CO)C(O)C(O)C2O)cc1)OCC1OC(OC2=C(c3ccc(O)c(O)c3)OC3C=C(O)C=C(OC4OC(CO)C(O)C(O)C4O)C3=C2)C(OC2OCC(O)C(O)C2O)C(O)C1O. The quantitative estimate of drug-likeness (QED) is 0.0451. The minimum Gasteiger partial charge on any atom is -0.508 e. The normalized spacial score (nSPS) is 38.5. The van der Waals surface area contributed by atoms with E-state index in [2.05, 4.69) is 0 Å². The number of esters is 1. The molecule has 2 aromatic carbocycles.